The smallest absolute Gasteiger partial charge is 0.256 e. The van der Waals surface area contributed by atoms with Crippen molar-refractivity contribution in [3.63, 3.8) is 0 Å². The molecule has 8 nitrogen and oxygen atoms in total. The van der Waals surface area contributed by atoms with E-state index in [1.54, 1.807) is 67.7 Å². The van der Waals surface area contributed by atoms with Crippen molar-refractivity contribution in [2.45, 2.75) is 25.8 Å². The van der Waals surface area contributed by atoms with Crippen molar-refractivity contribution in [2.75, 3.05) is 37.6 Å². The van der Waals surface area contributed by atoms with Crippen LogP contribution >= 0.6 is 23.8 Å². The summed E-state index contributed by atoms with van der Waals surface area (Å²) in [6.07, 6.45) is 0.489. The van der Waals surface area contributed by atoms with Gasteiger partial charge in [0, 0.05) is 17.3 Å². The lowest BCUT2D eigenvalue weighted by molar-refractivity contribution is -0.124. The molecule has 0 aromatic heterocycles. The molecular formula is C29H30ClN3O5S. The number of anilines is 2. The van der Waals surface area contributed by atoms with Gasteiger partial charge < -0.3 is 24.4 Å². The predicted molar refractivity (Wildman–Crippen MR) is 156 cm³/mol. The fourth-order valence-corrected chi connectivity index (χ4v) is 5.01. The molecule has 1 atom stereocenters. The Bertz CT molecular complexity index is 1350. The van der Waals surface area contributed by atoms with Gasteiger partial charge in [-0.1, -0.05) is 23.7 Å². The number of nitrogens with one attached hydrogen (secondary N) is 1. The third-order valence-electron chi connectivity index (χ3n) is 6.30. The Balaban J connectivity index is 1.54. The SMILES string of the molecule is CCOc1ccc(NC(=O)CC2C(=O)N(c3cccc(Cl)c3)C(=S)N2CCc2ccc(OC)c(OC)c2)cc1. The molecule has 0 saturated carbocycles. The number of carbonyl (C=O) groups is 2. The van der Waals surface area contributed by atoms with Crippen molar-refractivity contribution in [3.05, 3.63) is 77.3 Å². The Morgan fingerprint density at radius 1 is 1.03 bits per heavy atom. The number of thiocarbonyl (C=S) groups is 1. The van der Waals surface area contributed by atoms with Gasteiger partial charge >= 0.3 is 0 Å². The number of hydrogen-bond acceptors (Lipinski definition) is 6. The first-order valence-corrected chi connectivity index (χ1v) is 13.3. The number of benzene rings is 3. The molecule has 39 heavy (non-hydrogen) atoms. The lowest BCUT2D eigenvalue weighted by atomic mass is 10.1. The Morgan fingerprint density at radius 2 is 1.77 bits per heavy atom. The molecule has 1 saturated heterocycles. The maximum absolute atomic E-state index is 13.7. The number of carbonyl (C=O) groups excluding carboxylic acids is 2. The van der Waals surface area contributed by atoms with Crippen LogP contribution in [0.2, 0.25) is 5.02 Å². The maximum atomic E-state index is 13.7. The van der Waals surface area contributed by atoms with Gasteiger partial charge in [0.05, 0.1) is 32.9 Å². The highest BCUT2D eigenvalue weighted by Crippen LogP contribution is 2.31. The molecule has 0 bridgehead atoms. The summed E-state index contributed by atoms with van der Waals surface area (Å²) in [5, 5.41) is 3.68. The van der Waals surface area contributed by atoms with Gasteiger partial charge in [-0.05, 0) is 85.7 Å². The number of rotatable bonds is 11. The lowest BCUT2D eigenvalue weighted by Gasteiger charge is -2.24. The van der Waals surface area contributed by atoms with Crippen LogP contribution in [0.3, 0.4) is 0 Å². The molecule has 3 aromatic rings. The van der Waals surface area contributed by atoms with Crippen molar-refractivity contribution in [1.82, 2.24) is 4.90 Å². The van der Waals surface area contributed by atoms with E-state index in [9.17, 15) is 9.59 Å². The predicted octanol–water partition coefficient (Wildman–Crippen LogP) is 5.33. The molecule has 1 heterocycles. The monoisotopic (exact) mass is 567 g/mol. The van der Waals surface area contributed by atoms with E-state index in [-0.39, 0.29) is 18.2 Å². The van der Waals surface area contributed by atoms with Gasteiger partial charge in [0.25, 0.3) is 5.91 Å². The average molecular weight is 568 g/mol. The minimum Gasteiger partial charge on any atom is -0.494 e. The molecule has 1 fully saturated rings. The molecule has 3 aromatic carbocycles. The van der Waals surface area contributed by atoms with E-state index >= 15 is 0 Å². The summed E-state index contributed by atoms with van der Waals surface area (Å²) >= 11 is 12.0. The normalized spacial score (nSPS) is 14.9. The van der Waals surface area contributed by atoms with Crippen LogP contribution in [0.25, 0.3) is 0 Å². The second-order valence-corrected chi connectivity index (χ2v) is 9.60. The number of nitrogens with zero attached hydrogens (tertiary/aromatic N) is 2. The van der Waals surface area contributed by atoms with Crippen molar-refractivity contribution in [3.8, 4) is 17.2 Å². The fourth-order valence-electron chi connectivity index (χ4n) is 4.41. The van der Waals surface area contributed by atoms with Crippen LogP contribution in [0.5, 0.6) is 17.2 Å². The van der Waals surface area contributed by atoms with E-state index in [2.05, 4.69) is 5.32 Å². The van der Waals surface area contributed by atoms with E-state index < -0.39 is 6.04 Å². The molecule has 2 amide bonds. The van der Waals surface area contributed by atoms with E-state index in [1.165, 1.54) is 4.90 Å². The number of hydrogen-bond donors (Lipinski definition) is 1. The Kier molecular flexibility index (Phi) is 9.27. The molecular weight excluding hydrogens is 538 g/mol. The molecule has 0 aliphatic carbocycles. The summed E-state index contributed by atoms with van der Waals surface area (Å²) in [6.45, 7) is 2.87. The Labute approximate surface area is 238 Å². The molecule has 0 radical (unpaired) electrons. The fraction of sp³-hybridized carbons (Fsp3) is 0.276. The molecule has 1 aliphatic rings. The molecule has 4 rings (SSSR count). The first-order chi connectivity index (χ1) is 18.8. The van der Waals surface area contributed by atoms with Crippen molar-refractivity contribution < 1.29 is 23.8 Å². The minimum atomic E-state index is -0.778. The topological polar surface area (TPSA) is 80.3 Å². The summed E-state index contributed by atoms with van der Waals surface area (Å²) in [4.78, 5) is 30.0. The van der Waals surface area contributed by atoms with E-state index in [0.717, 1.165) is 5.56 Å². The molecule has 1 unspecified atom stereocenters. The van der Waals surface area contributed by atoms with Crippen LogP contribution < -0.4 is 24.4 Å². The first kappa shape index (κ1) is 28.2. The Morgan fingerprint density at radius 3 is 2.44 bits per heavy atom. The van der Waals surface area contributed by atoms with E-state index in [0.29, 0.717) is 58.3 Å². The van der Waals surface area contributed by atoms with Gasteiger partial charge in [0.2, 0.25) is 5.91 Å². The Hall–Kier alpha value is -3.82. The largest absolute Gasteiger partial charge is 0.494 e. The highest BCUT2D eigenvalue weighted by atomic mass is 35.5. The van der Waals surface area contributed by atoms with Crippen molar-refractivity contribution in [1.29, 1.82) is 0 Å². The van der Waals surface area contributed by atoms with Crippen LogP contribution in [0.4, 0.5) is 11.4 Å². The van der Waals surface area contributed by atoms with Crippen LogP contribution in [0, 0.1) is 0 Å². The highest BCUT2D eigenvalue weighted by Gasteiger charge is 2.44. The summed E-state index contributed by atoms with van der Waals surface area (Å²) in [7, 11) is 3.16. The maximum Gasteiger partial charge on any atom is 0.256 e. The zero-order chi connectivity index (χ0) is 27.9. The van der Waals surface area contributed by atoms with Crippen LogP contribution in [-0.4, -0.2) is 55.2 Å². The summed E-state index contributed by atoms with van der Waals surface area (Å²) in [5.74, 6) is 1.37. The molecule has 10 heteroatoms. The zero-order valence-corrected chi connectivity index (χ0v) is 23.6. The number of methoxy groups -OCH3 is 2. The van der Waals surface area contributed by atoms with Gasteiger partial charge in [0.15, 0.2) is 16.6 Å². The minimum absolute atomic E-state index is 0.0742. The third-order valence-corrected chi connectivity index (χ3v) is 6.95. The third kappa shape index (κ3) is 6.61. The summed E-state index contributed by atoms with van der Waals surface area (Å²) in [6, 6.07) is 18.9. The van der Waals surface area contributed by atoms with Gasteiger partial charge in [-0.3, -0.25) is 14.5 Å². The molecule has 1 N–H and O–H groups in total. The number of ether oxygens (including phenoxy) is 3. The molecule has 1 aliphatic heterocycles. The summed E-state index contributed by atoms with van der Waals surface area (Å²) in [5.41, 5.74) is 2.14. The number of halogens is 1. The van der Waals surface area contributed by atoms with Gasteiger partial charge in [0.1, 0.15) is 11.8 Å². The standard InChI is InChI=1S/C29H30ClN3O5S/c1-4-38-23-11-9-21(10-12-23)31-27(34)18-24-28(35)33(22-7-5-6-20(30)17-22)29(39)32(24)15-14-19-8-13-25(36-2)26(16-19)37-3/h5-13,16-17,24H,4,14-15,18H2,1-3H3,(H,31,34). The molecule has 204 valence electrons. The van der Waals surface area contributed by atoms with Crippen LogP contribution in [0.1, 0.15) is 18.9 Å². The quantitative estimate of drug-likeness (QED) is 0.314. The number of amides is 2. The van der Waals surface area contributed by atoms with Gasteiger partial charge in [-0.25, -0.2) is 0 Å². The van der Waals surface area contributed by atoms with Crippen LogP contribution in [0.15, 0.2) is 66.7 Å². The highest BCUT2D eigenvalue weighted by molar-refractivity contribution is 7.80. The van der Waals surface area contributed by atoms with Crippen LogP contribution in [-0.2, 0) is 16.0 Å². The van der Waals surface area contributed by atoms with E-state index in [1.807, 2.05) is 25.1 Å². The van der Waals surface area contributed by atoms with E-state index in [4.69, 9.17) is 38.0 Å². The second kappa shape index (κ2) is 12.8. The first-order valence-electron chi connectivity index (χ1n) is 12.5. The second-order valence-electron chi connectivity index (χ2n) is 8.79. The molecule has 0 spiro atoms. The zero-order valence-electron chi connectivity index (χ0n) is 22.0. The van der Waals surface area contributed by atoms with Crippen molar-refractivity contribution >= 4 is 52.1 Å². The average Bonchev–Trinajstić information content (AvgIpc) is 3.16. The lowest BCUT2D eigenvalue weighted by Crippen LogP contribution is -2.39. The van der Waals surface area contributed by atoms with Gasteiger partial charge in [-0.2, -0.15) is 0 Å². The summed E-state index contributed by atoms with van der Waals surface area (Å²) < 4.78 is 16.2. The van der Waals surface area contributed by atoms with Crippen molar-refractivity contribution in [2.24, 2.45) is 0 Å². The van der Waals surface area contributed by atoms with Gasteiger partial charge in [-0.15, -0.1) is 0 Å².